The standard InChI is InChI=1S/C105H212/c1-4-7-10-13-16-19-22-25-28-31-34-37-40-43-46-49-51-53-54-55-57-59-62-65-68-71-74-77-80-83-86-89-92-95-98-101-104-105(102-99-96-93-90-87-84-81-78-75-72-69-66-63-60-48-45-42-39-36-33-30-27-24-21-18-15-12-9-6-3)103-100-97-94-91-88-85-82-79-76-73-70-67-64-61-58-56-52-50-47-44-41-38-35-32-29-26-23-20-17-14-11-8-5-2/h105H,4-104H2,1-3H3. The lowest BCUT2D eigenvalue weighted by molar-refractivity contribution is 0.365. The first-order chi connectivity index (χ1) is 52.3. The van der Waals surface area contributed by atoms with E-state index in [-0.39, 0.29) is 0 Å². The van der Waals surface area contributed by atoms with Crippen LogP contribution in [0, 0.1) is 5.92 Å². The Kier molecular flexibility index (Phi) is 102. The van der Waals surface area contributed by atoms with Crippen molar-refractivity contribution < 1.29 is 0 Å². The van der Waals surface area contributed by atoms with Crippen LogP contribution in [0.1, 0.15) is 669 Å². The number of rotatable bonds is 101. The third kappa shape index (κ3) is 100. The highest BCUT2D eigenvalue weighted by molar-refractivity contribution is 4.64. The average molecular weight is 1470 g/mol. The molecule has 0 fully saturated rings. The summed E-state index contributed by atoms with van der Waals surface area (Å²) < 4.78 is 0. The van der Waals surface area contributed by atoms with Crippen molar-refractivity contribution in [2.45, 2.75) is 669 Å². The molecule has 1 unspecified atom stereocenters. The topological polar surface area (TPSA) is 0 Å². The Morgan fingerprint density at radius 3 is 0.200 bits per heavy atom. The Morgan fingerprint density at radius 2 is 0.133 bits per heavy atom. The Hall–Kier alpha value is 0. The van der Waals surface area contributed by atoms with E-state index in [9.17, 15) is 0 Å². The van der Waals surface area contributed by atoms with Crippen molar-refractivity contribution in [1.29, 1.82) is 0 Å². The van der Waals surface area contributed by atoms with Crippen LogP contribution in [0.5, 0.6) is 0 Å². The molecule has 0 rings (SSSR count). The van der Waals surface area contributed by atoms with Gasteiger partial charge in [-0.2, -0.15) is 0 Å². The normalized spacial score (nSPS) is 12.1. The van der Waals surface area contributed by atoms with Crippen LogP contribution in [-0.2, 0) is 0 Å². The van der Waals surface area contributed by atoms with Crippen LogP contribution >= 0.6 is 0 Å². The maximum atomic E-state index is 2.32. The van der Waals surface area contributed by atoms with Crippen LogP contribution in [-0.4, -0.2) is 0 Å². The molecule has 0 aromatic carbocycles. The van der Waals surface area contributed by atoms with E-state index < -0.39 is 0 Å². The minimum atomic E-state index is 1.02. The van der Waals surface area contributed by atoms with Gasteiger partial charge in [0.15, 0.2) is 0 Å². The van der Waals surface area contributed by atoms with Crippen LogP contribution < -0.4 is 0 Å². The van der Waals surface area contributed by atoms with E-state index in [2.05, 4.69) is 20.8 Å². The first-order valence-corrected chi connectivity index (χ1v) is 52.3. The zero-order valence-electron chi connectivity index (χ0n) is 75.0. The molecule has 0 aromatic rings. The fraction of sp³-hybridized carbons (Fsp3) is 1.00. The summed E-state index contributed by atoms with van der Waals surface area (Å²) in [6.07, 6.45) is 151. The van der Waals surface area contributed by atoms with Gasteiger partial charge in [-0.05, 0) is 5.92 Å². The highest BCUT2D eigenvalue weighted by Crippen LogP contribution is 2.27. The summed E-state index contributed by atoms with van der Waals surface area (Å²) in [5, 5.41) is 0. The van der Waals surface area contributed by atoms with Crippen molar-refractivity contribution in [3.05, 3.63) is 0 Å². The predicted octanol–water partition coefficient (Wildman–Crippen LogP) is 41.1. The molecule has 0 saturated carbocycles. The molecule has 0 aliphatic rings. The van der Waals surface area contributed by atoms with E-state index in [1.807, 2.05) is 0 Å². The molecule has 0 radical (unpaired) electrons. The second kappa shape index (κ2) is 102. The highest BCUT2D eigenvalue weighted by atomic mass is 14.2. The minimum Gasteiger partial charge on any atom is -0.0654 e. The van der Waals surface area contributed by atoms with Crippen molar-refractivity contribution in [2.75, 3.05) is 0 Å². The van der Waals surface area contributed by atoms with Crippen LogP contribution in [0.4, 0.5) is 0 Å². The van der Waals surface area contributed by atoms with Crippen molar-refractivity contribution in [3.8, 4) is 0 Å². The summed E-state index contributed by atoms with van der Waals surface area (Å²) in [5.41, 5.74) is 0. The smallest absolute Gasteiger partial charge is 0.0414 e. The first-order valence-electron chi connectivity index (χ1n) is 52.3. The molecule has 0 saturated heterocycles. The Balaban J connectivity index is 4.01. The number of hydrogen-bond donors (Lipinski definition) is 0. The molecule has 0 aromatic heterocycles. The minimum absolute atomic E-state index is 1.02. The zero-order chi connectivity index (χ0) is 75.0. The summed E-state index contributed by atoms with van der Waals surface area (Å²) in [7, 11) is 0. The molecule has 105 heavy (non-hydrogen) atoms. The van der Waals surface area contributed by atoms with Gasteiger partial charge in [0.05, 0.1) is 0 Å². The lowest BCUT2D eigenvalue weighted by Crippen LogP contribution is -2.01. The number of hydrogen-bond acceptors (Lipinski definition) is 0. The monoisotopic (exact) mass is 1470 g/mol. The Bertz CT molecular complexity index is 1390. The van der Waals surface area contributed by atoms with E-state index in [1.54, 1.807) is 19.3 Å². The molecule has 0 aliphatic carbocycles. The van der Waals surface area contributed by atoms with Gasteiger partial charge in [-0.15, -0.1) is 0 Å². The van der Waals surface area contributed by atoms with Gasteiger partial charge in [0.2, 0.25) is 0 Å². The van der Waals surface area contributed by atoms with Crippen molar-refractivity contribution >= 4 is 0 Å². The molecule has 1 atom stereocenters. The molecule has 0 aliphatic heterocycles. The van der Waals surface area contributed by atoms with Gasteiger partial charge >= 0.3 is 0 Å². The maximum Gasteiger partial charge on any atom is -0.0414 e. The van der Waals surface area contributed by atoms with Gasteiger partial charge in [-0.1, -0.05) is 669 Å². The zero-order valence-corrected chi connectivity index (χ0v) is 75.0. The average Bonchev–Trinajstić information content (AvgIpc) is 3.87. The molecule has 632 valence electrons. The van der Waals surface area contributed by atoms with E-state index in [1.165, 1.54) is 629 Å². The molecule has 0 amide bonds. The molecular formula is C105H212. The van der Waals surface area contributed by atoms with E-state index in [0.717, 1.165) is 5.92 Å². The van der Waals surface area contributed by atoms with E-state index in [4.69, 9.17) is 0 Å². The lowest BCUT2D eigenvalue weighted by Gasteiger charge is -2.17. The molecule has 0 spiro atoms. The van der Waals surface area contributed by atoms with Crippen LogP contribution in [0.15, 0.2) is 0 Å². The molecule has 0 heteroatoms. The fourth-order valence-corrected chi connectivity index (χ4v) is 18.2. The van der Waals surface area contributed by atoms with Crippen molar-refractivity contribution in [1.82, 2.24) is 0 Å². The van der Waals surface area contributed by atoms with Crippen molar-refractivity contribution in [2.24, 2.45) is 5.92 Å². The van der Waals surface area contributed by atoms with Crippen LogP contribution in [0.3, 0.4) is 0 Å². The molecule has 0 heterocycles. The number of unbranched alkanes of at least 4 members (excludes halogenated alkanes) is 95. The summed E-state index contributed by atoms with van der Waals surface area (Å²) in [4.78, 5) is 0. The SMILES string of the molecule is CCCCCCCCCCCCCCCCCCCCCCCCCCCCCCCCCCCCCCC(CCCCCCCCCCCCCCCCCCCCCCCCCCCCCCC)CCCCCCCCCCCCCCCCCCCCCCCCCCCCCCCCCCC. The second-order valence-corrected chi connectivity index (χ2v) is 36.8. The van der Waals surface area contributed by atoms with Gasteiger partial charge in [0.1, 0.15) is 0 Å². The quantitative estimate of drug-likeness (QED) is 0.0533. The molecule has 0 bridgehead atoms. The van der Waals surface area contributed by atoms with Crippen LogP contribution in [0.2, 0.25) is 0 Å². The Morgan fingerprint density at radius 1 is 0.0762 bits per heavy atom. The third-order valence-electron chi connectivity index (χ3n) is 25.9. The highest BCUT2D eigenvalue weighted by Gasteiger charge is 2.10. The first kappa shape index (κ1) is 105. The summed E-state index contributed by atoms with van der Waals surface area (Å²) in [6, 6.07) is 0. The molecule has 0 nitrogen and oxygen atoms in total. The summed E-state index contributed by atoms with van der Waals surface area (Å²) in [6.45, 7) is 6.97. The fourth-order valence-electron chi connectivity index (χ4n) is 18.2. The third-order valence-corrected chi connectivity index (χ3v) is 25.9. The van der Waals surface area contributed by atoms with Gasteiger partial charge in [0.25, 0.3) is 0 Å². The lowest BCUT2D eigenvalue weighted by atomic mass is 9.89. The molecular weight excluding hydrogens is 1260 g/mol. The summed E-state index contributed by atoms with van der Waals surface area (Å²) in [5.74, 6) is 1.02. The predicted molar refractivity (Wildman–Crippen MR) is 487 cm³/mol. The largest absolute Gasteiger partial charge is 0.0654 e. The van der Waals surface area contributed by atoms with E-state index >= 15 is 0 Å². The van der Waals surface area contributed by atoms with Gasteiger partial charge < -0.3 is 0 Å². The van der Waals surface area contributed by atoms with Gasteiger partial charge in [0, 0.05) is 0 Å². The van der Waals surface area contributed by atoms with Gasteiger partial charge in [-0.25, -0.2) is 0 Å². The Labute approximate surface area is 671 Å². The van der Waals surface area contributed by atoms with Crippen LogP contribution in [0.25, 0.3) is 0 Å². The van der Waals surface area contributed by atoms with Crippen molar-refractivity contribution in [3.63, 3.8) is 0 Å². The van der Waals surface area contributed by atoms with E-state index in [0.29, 0.717) is 0 Å². The summed E-state index contributed by atoms with van der Waals surface area (Å²) >= 11 is 0. The second-order valence-electron chi connectivity index (χ2n) is 36.8. The maximum absolute atomic E-state index is 2.32. The molecule has 0 N–H and O–H groups in total. The van der Waals surface area contributed by atoms with Gasteiger partial charge in [-0.3, -0.25) is 0 Å².